The number of nitrogens with two attached hydrogens (primary N) is 1. The first-order valence-corrected chi connectivity index (χ1v) is 11.8. The van der Waals surface area contributed by atoms with Crippen LogP contribution in [-0.4, -0.2) is 31.2 Å². The third-order valence-electron chi connectivity index (χ3n) is 5.34. The van der Waals surface area contributed by atoms with Gasteiger partial charge in [-0.3, -0.25) is 14.7 Å². The topological polar surface area (TPSA) is 131 Å². The number of benzene rings is 3. The lowest BCUT2D eigenvalue weighted by atomic mass is 9.81. The molecule has 0 radical (unpaired) electrons. The van der Waals surface area contributed by atoms with Gasteiger partial charge in [0.15, 0.2) is 11.5 Å². The second kappa shape index (κ2) is 8.91. The Balaban J connectivity index is 1.83. The molecular formula is C23H17F4N3O5S. The third kappa shape index (κ3) is 5.16. The van der Waals surface area contributed by atoms with E-state index in [1.807, 2.05) is 0 Å². The zero-order chi connectivity index (χ0) is 26.3. The molecule has 0 saturated heterocycles. The molecule has 0 aliphatic carbocycles. The van der Waals surface area contributed by atoms with E-state index in [0.29, 0.717) is 0 Å². The molecule has 1 atom stereocenters. The minimum absolute atomic E-state index is 0.0464. The van der Waals surface area contributed by atoms with Crippen LogP contribution in [0.1, 0.15) is 16.7 Å². The number of carbonyl (C=O) groups is 1. The van der Waals surface area contributed by atoms with Gasteiger partial charge in [-0.1, -0.05) is 42.5 Å². The highest BCUT2D eigenvalue weighted by Crippen LogP contribution is 2.40. The Bertz CT molecular complexity index is 1470. The lowest BCUT2D eigenvalue weighted by Crippen LogP contribution is -2.39. The number of amides is 1. The summed E-state index contributed by atoms with van der Waals surface area (Å²) in [6, 6.07) is 13.8. The molecule has 1 aliphatic rings. The smallest absolute Gasteiger partial charge is 0.406 e. The summed E-state index contributed by atoms with van der Waals surface area (Å²) in [4.78, 5) is 17.3. The lowest BCUT2D eigenvalue weighted by Gasteiger charge is -2.25. The summed E-state index contributed by atoms with van der Waals surface area (Å²) < 4.78 is 88.1. The number of rotatable bonds is 6. The van der Waals surface area contributed by atoms with Gasteiger partial charge in [0.05, 0.1) is 0 Å². The van der Waals surface area contributed by atoms with Crippen molar-refractivity contribution in [3.63, 3.8) is 0 Å². The van der Waals surface area contributed by atoms with E-state index in [1.165, 1.54) is 48.5 Å². The number of ether oxygens (including phenoxy) is 1. The molecule has 0 spiro atoms. The Morgan fingerprint density at radius 1 is 1.03 bits per heavy atom. The first-order chi connectivity index (χ1) is 16.8. The van der Waals surface area contributed by atoms with Gasteiger partial charge < -0.3 is 10.5 Å². The molecule has 1 amide bonds. The molecule has 13 heteroatoms. The zero-order valence-corrected chi connectivity index (χ0v) is 18.9. The standard InChI is InChI=1S/C23H17F4N3O5S/c24-19-9-8-16(11-18(19)14-2-1-3-17(10-14)35-23(25,26)27)22(20(31)29-21(28)30-22)15-6-4-13(5-7-15)12-36(32,33)34/h1-11H,12H2,(H,32,33,34)(H3,28,29,30,31). The normalized spacial score (nSPS) is 18.0. The van der Waals surface area contributed by atoms with Gasteiger partial charge in [-0.2, -0.15) is 8.42 Å². The van der Waals surface area contributed by atoms with Crippen molar-refractivity contribution in [1.29, 1.82) is 0 Å². The first kappa shape index (κ1) is 25.1. The van der Waals surface area contributed by atoms with Crippen molar-refractivity contribution in [3.8, 4) is 16.9 Å². The Hall–Kier alpha value is -3.97. The van der Waals surface area contributed by atoms with Gasteiger partial charge in [0.25, 0.3) is 16.0 Å². The van der Waals surface area contributed by atoms with E-state index in [-0.39, 0.29) is 33.8 Å². The molecule has 3 aromatic rings. The van der Waals surface area contributed by atoms with Crippen LogP contribution in [0.2, 0.25) is 0 Å². The Kier molecular flexibility index (Phi) is 6.22. The summed E-state index contributed by atoms with van der Waals surface area (Å²) in [6.07, 6.45) is -4.95. The van der Waals surface area contributed by atoms with E-state index >= 15 is 0 Å². The SMILES string of the molecule is NC1=NC(c2ccc(CS(=O)(=O)O)cc2)(c2ccc(F)c(-c3cccc(OC(F)(F)F)c3)c2)C(=O)N1. The molecule has 0 fully saturated rings. The van der Waals surface area contributed by atoms with Crippen LogP contribution in [0, 0.1) is 5.82 Å². The van der Waals surface area contributed by atoms with Crippen LogP contribution in [0.3, 0.4) is 0 Å². The molecule has 3 aromatic carbocycles. The fourth-order valence-corrected chi connectivity index (χ4v) is 4.52. The lowest BCUT2D eigenvalue weighted by molar-refractivity contribution is -0.274. The fourth-order valence-electron chi connectivity index (χ4n) is 3.91. The first-order valence-electron chi connectivity index (χ1n) is 10.1. The van der Waals surface area contributed by atoms with Crippen LogP contribution in [-0.2, 0) is 26.2 Å². The van der Waals surface area contributed by atoms with E-state index < -0.39 is 45.2 Å². The van der Waals surface area contributed by atoms with E-state index in [9.17, 15) is 30.8 Å². The van der Waals surface area contributed by atoms with Crippen LogP contribution in [0.4, 0.5) is 17.6 Å². The van der Waals surface area contributed by atoms with Gasteiger partial charge >= 0.3 is 6.36 Å². The van der Waals surface area contributed by atoms with Gasteiger partial charge in [-0.05, 0) is 46.5 Å². The highest BCUT2D eigenvalue weighted by molar-refractivity contribution is 7.85. The Morgan fingerprint density at radius 2 is 1.69 bits per heavy atom. The fraction of sp³-hybridized carbons (Fsp3) is 0.130. The van der Waals surface area contributed by atoms with Crippen molar-refractivity contribution >= 4 is 22.0 Å². The second-order valence-electron chi connectivity index (χ2n) is 7.86. The maximum Gasteiger partial charge on any atom is 0.573 e. The average molecular weight is 523 g/mol. The largest absolute Gasteiger partial charge is 0.573 e. The summed E-state index contributed by atoms with van der Waals surface area (Å²) in [7, 11) is -4.30. The van der Waals surface area contributed by atoms with Crippen LogP contribution < -0.4 is 15.8 Å². The Morgan fingerprint density at radius 3 is 2.28 bits per heavy atom. The summed E-state index contributed by atoms with van der Waals surface area (Å²) >= 11 is 0. The number of alkyl halides is 3. The monoisotopic (exact) mass is 523 g/mol. The van der Waals surface area contributed by atoms with Crippen molar-refractivity contribution < 1.29 is 40.1 Å². The molecule has 0 saturated carbocycles. The highest BCUT2D eigenvalue weighted by atomic mass is 32.2. The molecule has 1 heterocycles. The van der Waals surface area contributed by atoms with Crippen LogP contribution >= 0.6 is 0 Å². The summed E-state index contributed by atoms with van der Waals surface area (Å²) in [5.41, 5.74) is 4.48. The quantitative estimate of drug-likeness (QED) is 0.335. The van der Waals surface area contributed by atoms with Gasteiger partial charge in [0, 0.05) is 5.56 Å². The maximum atomic E-state index is 14.8. The minimum Gasteiger partial charge on any atom is -0.406 e. The van der Waals surface area contributed by atoms with Crippen LogP contribution in [0.15, 0.2) is 71.7 Å². The average Bonchev–Trinajstić information content (AvgIpc) is 3.07. The maximum absolute atomic E-state index is 14.8. The van der Waals surface area contributed by atoms with E-state index in [0.717, 1.165) is 18.2 Å². The van der Waals surface area contributed by atoms with Crippen molar-refractivity contribution in [2.24, 2.45) is 10.7 Å². The molecule has 8 nitrogen and oxygen atoms in total. The molecule has 0 aromatic heterocycles. The number of hydrogen-bond acceptors (Lipinski definition) is 6. The molecule has 36 heavy (non-hydrogen) atoms. The van der Waals surface area contributed by atoms with E-state index in [4.69, 9.17) is 10.3 Å². The summed E-state index contributed by atoms with van der Waals surface area (Å²) in [6.45, 7) is 0. The number of aliphatic imine (C=N–C) groups is 1. The van der Waals surface area contributed by atoms with Crippen molar-refractivity contribution in [2.45, 2.75) is 17.7 Å². The molecule has 188 valence electrons. The van der Waals surface area contributed by atoms with Crippen molar-refractivity contribution in [3.05, 3.63) is 89.2 Å². The van der Waals surface area contributed by atoms with Gasteiger partial charge in [-0.25, -0.2) is 9.38 Å². The number of carbonyl (C=O) groups excluding carboxylic acids is 1. The molecule has 4 rings (SSSR count). The van der Waals surface area contributed by atoms with Crippen molar-refractivity contribution in [1.82, 2.24) is 5.32 Å². The van der Waals surface area contributed by atoms with E-state index in [2.05, 4.69) is 15.0 Å². The number of nitrogens with zero attached hydrogens (tertiary/aromatic N) is 1. The number of nitrogens with one attached hydrogen (secondary N) is 1. The van der Waals surface area contributed by atoms with Crippen molar-refractivity contribution in [2.75, 3.05) is 0 Å². The predicted octanol–water partition coefficient (Wildman–Crippen LogP) is 3.47. The van der Waals surface area contributed by atoms with Gasteiger partial charge in [0.2, 0.25) is 0 Å². The Labute approximate surface area is 202 Å². The van der Waals surface area contributed by atoms with Crippen LogP contribution in [0.5, 0.6) is 5.75 Å². The number of hydrogen-bond donors (Lipinski definition) is 3. The van der Waals surface area contributed by atoms with E-state index in [1.54, 1.807) is 0 Å². The highest BCUT2D eigenvalue weighted by Gasteiger charge is 2.47. The second-order valence-corrected chi connectivity index (χ2v) is 9.31. The number of halogens is 4. The van der Waals surface area contributed by atoms with Crippen LogP contribution in [0.25, 0.3) is 11.1 Å². The summed E-state index contributed by atoms with van der Waals surface area (Å²) in [5.74, 6) is -2.91. The van der Waals surface area contributed by atoms with Gasteiger partial charge in [0.1, 0.15) is 17.3 Å². The molecule has 4 N–H and O–H groups in total. The minimum atomic E-state index is -4.95. The molecule has 1 unspecified atom stereocenters. The third-order valence-corrected chi connectivity index (χ3v) is 6.04. The molecule has 0 bridgehead atoms. The van der Waals surface area contributed by atoms with Gasteiger partial charge in [-0.15, -0.1) is 13.2 Å². The zero-order valence-electron chi connectivity index (χ0n) is 18.1. The molecular weight excluding hydrogens is 506 g/mol. The summed E-state index contributed by atoms with van der Waals surface area (Å²) in [5, 5.41) is 2.38. The predicted molar refractivity (Wildman–Crippen MR) is 121 cm³/mol. The molecule has 1 aliphatic heterocycles. The number of guanidine groups is 1.